The second kappa shape index (κ2) is 4.22. The number of nitrogens with one attached hydrogen (secondary N) is 1. The Kier molecular flexibility index (Phi) is 2.63. The Hall–Kier alpha value is -2.57. The predicted octanol–water partition coefficient (Wildman–Crippen LogP) is 0.878. The number of ether oxygens (including phenoxy) is 2. The second-order valence-electron chi connectivity index (χ2n) is 4.54. The normalized spacial score (nSPS) is 16.6. The molecule has 0 bridgehead atoms. The first-order valence-electron chi connectivity index (χ1n) is 6.06. The molecule has 1 aromatic heterocycles. The van der Waals surface area contributed by atoms with Gasteiger partial charge in [-0.1, -0.05) is 6.92 Å². The van der Waals surface area contributed by atoms with Gasteiger partial charge in [-0.2, -0.15) is 0 Å². The summed E-state index contributed by atoms with van der Waals surface area (Å²) < 4.78 is 11.7. The van der Waals surface area contributed by atoms with Gasteiger partial charge in [0.25, 0.3) is 0 Å². The standard InChI is InChI=1S/C13H13N3O4/c1-6-7-4-9(19-2)10(20-3)5-8(7)16-12(11(6)17)14-15-13(16)18/h4-6H,1-3H3,(H,15,18). The lowest BCUT2D eigenvalue weighted by Crippen LogP contribution is -2.28. The van der Waals surface area contributed by atoms with Gasteiger partial charge in [-0.25, -0.2) is 14.5 Å². The fourth-order valence-electron chi connectivity index (χ4n) is 2.45. The Morgan fingerprint density at radius 3 is 2.50 bits per heavy atom. The van der Waals surface area contributed by atoms with E-state index >= 15 is 0 Å². The van der Waals surface area contributed by atoms with Gasteiger partial charge in [0, 0.05) is 6.07 Å². The van der Waals surface area contributed by atoms with Gasteiger partial charge in [0.05, 0.1) is 25.8 Å². The summed E-state index contributed by atoms with van der Waals surface area (Å²) in [5, 5.41) is 6.09. The van der Waals surface area contributed by atoms with Crippen molar-refractivity contribution < 1.29 is 14.3 Å². The van der Waals surface area contributed by atoms with Crippen LogP contribution in [-0.2, 0) is 0 Å². The van der Waals surface area contributed by atoms with Crippen LogP contribution in [0.15, 0.2) is 16.9 Å². The van der Waals surface area contributed by atoms with E-state index in [-0.39, 0.29) is 11.6 Å². The molecule has 104 valence electrons. The SMILES string of the molecule is COc1cc2c(cc1OC)-n1c(n[nH]c1=O)C(=O)C2C. The Balaban J connectivity index is 2.37. The van der Waals surface area contributed by atoms with Crippen molar-refractivity contribution in [3.63, 3.8) is 0 Å². The molecule has 1 unspecified atom stereocenters. The van der Waals surface area contributed by atoms with Crippen LogP contribution in [0.5, 0.6) is 11.5 Å². The van der Waals surface area contributed by atoms with E-state index in [1.54, 1.807) is 19.1 Å². The molecule has 3 rings (SSSR count). The average Bonchev–Trinajstić information content (AvgIpc) is 2.85. The van der Waals surface area contributed by atoms with Crippen LogP contribution < -0.4 is 15.2 Å². The van der Waals surface area contributed by atoms with Crippen molar-refractivity contribution in [2.45, 2.75) is 12.8 Å². The van der Waals surface area contributed by atoms with E-state index < -0.39 is 11.6 Å². The molecule has 0 fully saturated rings. The molecule has 1 aromatic carbocycles. The summed E-state index contributed by atoms with van der Waals surface area (Å²) in [4.78, 5) is 24.1. The average molecular weight is 275 g/mol. The summed E-state index contributed by atoms with van der Waals surface area (Å²) in [5.41, 5.74) is 0.848. The summed E-state index contributed by atoms with van der Waals surface area (Å²) in [6, 6.07) is 3.40. The van der Waals surface area contributed by atoms with E-state index in [0.29, 0.717) is 22.7 Å². The quantitative estimate of drug-likeness (QED) is 0.879. The third kappa shape index (κ3) is 1.49. The fraction of sp³-hybridized carbons (Fsp3) is 0.308. The molecule has 1 N–H and O–H groups in total. The van der Waals surface area contributed by atoms with Gasteiger partial charge >= 0.3 is 5.69 Å². The van der Waals surface area contributed by atoms with E-state index in [4.69, 9.17) is 9.47 Å². The molecule has 7 nitrogen and oxygen atoms in total. The number of carbonyl (C=O) groups is 1. The van der Waals surface area contributed by atoms with Crippen molar-refractivity contribution in [2.24, 2.45) is 0 Å². The first kappa shape index (κ1) is 12.5. The number of aromatic nitrogens is 3. The molecule has 0 aliphatic carbocycles. The smallest absolute Gasteiger partial charge is 0.348 e. The number of carbonyl (C=O) groups excluding carboxylic acids is 1. The minimum atomic E-state index is -0.450. The number of methoxy groups -OCH3 is 2. The van der Waals surface area contributed by atoms with Crippen molar-refractivity contribution >= 4 is 5.78 Å². The number of ketones is 1. The lowest BCUT2D eigenvalue weighted by atomic mass is 9.91. The Labute approximate surface area is 114 Å². The molecule has 1 atom stereocenters. The first-order chi connectivity index (χ1) is 9.58. The number of fused-ring (bicyclic) bond motifs is 3. The van der Waals surface area contributed by atoms with Crippen LogP contribution in [0, 0.1) is 0 Å². The van der Waals surface area contributed by atoms with E-state index in [1.165, 1.54) is 18.8 Å². The van der Waals surface area contributed by atoms with Crippen LogP contribution in [0.4, 0.5) is 0 Å². The maximum Gasteiger partial charge on any atom is 0.348 e. The predicted molar refractivity (Wildman–Crippen MR) is 70.0 cm³/mol. The van der Waals surface area contributed by atoms with Gasteiger partial charge in [0.1, 0.15) is 0 Å². The first-order valence-corrected chi connectivity index (χ1v) is 6.06. The van der Waals surface area contributed by atoms with Crippen molar-refractivity contribution in [3.8, 4) is 17.2 Å². The molecule has 7 heteroatoms. The molecule has 0 spiro atoms. The monoisotopic (exact) mass is 275 g/mol. The minimum absolute atomic E-state index is 0.113. The molecule has 0 saturated heterocycles. The Morgan fingerprint density at radius 1 is 1.20 bits per heavy atom. The van der Waals surface area contributed by atoms with Gasteiger partial charge in [0.2, 0.25) is 11.6 Å². The zero-order valence-corrected chi connectivity index (χ0v) is 11.3. The topological polar surface area (TPSA) is 86.2 Å². The maximum absolute atomic E-state index is 12.2. The van der Waals surface area contributed by atoms with Gasteiger partial charge in [-0.15, -0.1) is 5.10 Å². The number of aromatic amines is 1. The molecule has 0 radical (unpaired) electrons. The maximum atomic E-state index is 12.2. The van der Waals surface area contributed by atoms with E-state index in [0.717, 1.165) is 0 Å². The third-order valence-electron chi connectivity index (χ3n) is 3.53. The molecule has 2 aromatic rings. The van der Waals surface area contributed by atoms with Crippen LogP contribution in [0.25, 0.3) is 5.69 Å². The molecule has 20 heavy (non-hydrogen) atoms. The van der Waals surface area contributed by atoms with Crippen LogP contribution in [-0.4, -0.2) is 34.8 Å². The third-order valence-corrected chi connectivity index (χ3v) is 3.53. The van der Waals surface area contributed by atoms with E-state index in [9.17, 15) is 9.59 Å². The number of benzene rings is 1. The molecule has 0 amide bonds. The lowest BCUT2D eigenvalue weighted by molar-refractivity contribution is 0.0948. The Morgan fingerprint density at radius 2 is 1.85 bits per heavy atom. The molecular formula is C13H13N3O4. The number of H-pyrrole nitrogens is 1. The van der Waals surface area contributed by atoms with Gasteiger partial charge < -0.3 is 9.47 Å². The highest BCUT2D eigenvalue weighted by molar-refractivity contribution is 6.00. The summed E-state index contributed by atoms with van der Waals surface area (Å²) in [5.74, 6) is 0.524. The summed E-state index contributed by atoms with van der Waals surface area (Å²) in [7, 11) is 3.04. The zero-order valence-electron chi connectivity index (χ0n) is 11.3. The van der Waals surface area contributed by atoms with Crippen LogP contribution >= 0.6 is 0 Å². The number of hydrogen-bond donors (Lipinski definition) is 1. The summed E-state index contributed by atoms with van der Waals surface area (Å²) in [6.45, 7) is 1.77. The largest absolute Gasteiger partial charge is 0.493 e. The van der Waals surface area contributed by atoms with Gasteiger partial charge in [-0.05, 0) is 11.6 Å². The van der Waals surface area contributed by atoms with Gasteiger partial charge in [-0.3, -0.25) is 4.79 Å². The number of hydrogen-bond acceptors (Lipinski definition) is 5. The molecule has 2 heterocycles. The van der Waals surface area contributed by atoms with Crippen LogP contribution in [0.3, 0.4) is 0 Å². The number of Topliss-reactive ketones (excluding diaryl/α,β-unsaturated/α-hetero) is 1. The number of nitrogens with zero attached hydrogens (tertiary/aromatic N) is 2. The zero-order chi connectivity index (χ0) is 14.4. The van der Waals surface area contributed by atoms with Crippen molar-refractivity contribution in [2.75, 3.05) is 14.2 Å². The highest BCUT2D eigenvalue weighted by atomic mass is 16.5. The van der Waals surface area contributed by atoms with Crippen molar-refractivity contribution in [3.05, 3.63) is 34.0 Å². The lowest BCUT2D eigenvalue weighted by Gasteiger charge is -2.23. The van der Waals surface area contributed by atoms with Crippen LogP contribution in [0.1, 0.15) is 29.0 Å². The molecule has 1 aliphatic heterocycles. The second-order valence-corrected chi connectivity index (χ2v) is 4.54. The fourth-order valence-corrected chi connectivity index (χ4v) is 2.45. The highest BCUT2D eigenvalue weighted by Crippen LogP contribution is 2.38. The highest BCUT2D eigenvalue weighted by Gasteiger charge is 2.33. The van der Waals surface area contributed by atoms with Gasteiger partial charge in [0.15, 0.2) is 11.5 Å². The van der Waals surface area contributed by atoms with Crippen molar-refractivity contribution in [1.29, 1.82) is 0 Å². The molecule has 1 aliphatic rings. The van der Waals surface area contributed by atoms with E-state index in [1.807, 2.05) is 0 Å². The summed E-state index contributed by atoms with van der Waals surface area (Å²) >= 11 is 0. The number of rotatable bonds is 2. The van der Waals surface area contributed by atoms with Crippen LogP contribution in [0.2, 0.25) is 0 Å². The molecular weight excluding hydrogens is 262 g/mol. The van der Waals surface area contributed by atoms with E-state index in [2.05, 4.69) is 10.2 Å². The summed E-state index contributed by atoms with van der Waals surface area (Å²) in [6.07, 6.45) is 0. The van der Waals surface area contributed by atoms with Crippen molar-refractivity contribution in [1.82, 2.24) is 14.8 Å². The Bertz CT molecular complexity index is 759. The molecule has 0 saturated carbocycles. The minimum Gasteiger partial charge on any atom is -0.493 e.